The van der Waals surface area contributed by atoms with Gasteiger partial charge in [0.15, 0.2) is 0 Å². The first-order valence-corrected chi connectivity index (χ1v) is 6.59. The fourth-order valence-electron chi connectivity index (χ4n) is 1.69. The molecular weight excluding hydrogens is 194 g/mol. The van der Waals surface area contributed by atoms with Crippen molar-refractivity contribution in [2.24, 2.45) is 5.92 Å². The maximum atomic E-state index is 10.2. The molecule has 1 aliphatic heterocycles. The summed E-state index contributed by atoms with van der Waals surface area (Å²) in [4.78, 5) is 2.32. The van der Waals surface area contributed by atoms with Gasteiger partial charge in [-0.25, -0.2) is 0 Å². The van der Waals surface area contributed by atoms with Crippen LogP contribution in [0.2, 0.25) is 0 Å². The van der Waals surface area contributed by atoms with Gasteiger partial charge in [0.2, 0.25) is 0 Å². The molecule has 3 heteroatoms. The third-order valence-corrected chi connectivity index (χ3v) is 4.49. The van der Waals surface area contributed by atoms with Crippen LogP contribution >= 0.6 is 11.8 Å². The van der Waals surface area contributed by atoms with Gasteiger partial charge in [0, 0.05) is 18.3 Å². The molecule has 0 bridgehead atoms. The zero-order valence-electron chi connectivity index (χ0n) is 9.79. The lowest BCUT2D eigenvalue weighted by Crippen LogP contribution is -2.46. The minimum Gasteiger partial charge on any atom is -0.389 e. The standard InChI is InChI=1S/C11H23NOS/c1-9(2)11(3,13)8-12(4)10-5-6-14-7-10/h9-10,13H,5-8H2,1-4H3. The largest absolute Gasteiger partial charge is 0.389 e. The van der Waals surface area contributed by atoms with Crippen molar-refractivity contribution in [1.82, 2.24) is 4.90 Å². The van der Waals surface area contributed by atoms with E-state index in [0.29, 0.717) is 12.0 Å². The van der Waals surface area contributed by atoms with Gasteiger partial charge in [-0.1, -0.05) is 13.8 Å². The zero-order valence-corrected chi connectivity index (χ0v) is 10.6. The van der Waals surface area contributed by atoms with Crippen molar-refractivity contribution < 1.29 is 5.11 Å². The second-order valence-corrected chi connectivity index (χ2v) is 6.09. The van der Waals surface area contributed by atoms with Crippen LogP contribution in [0.15, 0.2) is 0 Å². The van der Waals surface area contributed by atoms with E-state index in [9.17, 15) is 5.11 Å². The molecule has 1 N–H and O–H groups in total. The highest BCUT2D eigenvalue weighted by Gasteiger charge is 2.30. The average molecular weight is 217 g/mol. The highest BCUT2D eigenvalue weighted by atomic mass is 32.2. The normalized spacial score (nSPS) is 27.2. The summed E-state index contributed by atoms with van der Waals surface area (Å²) in [6.07, 6.45) is 1.27. The molecule has 1 rings (SSSR count). The van der Waals surface area contributed by atoms with Crippen LogP contribution in [0.25, 0.3) is 0 Å². The summed E-state index contributed by atoms with van der Waals surface area (Å²) in [7, 11) is 2.13. The van der Waals surface area contributed by atoms with Crippen molar-refractivity contribution in [1.29, 1.82) is 0 Å². The van der Waals surface area contributed by atoms with E-state index in [4.69, 9.17) is 0 Å². The Labute approximate surface area is 92.1 Å². The minimum absolute atomic E-state index is 0.319. The Morgan fingerprint density at radius 1 is 1.57 bits per heavy atom. The average Bonchev–Trinajstić information content (AvgIpc) is 2.54. The number of hydrogen-bond donors (Lipinski definition) is 1. The number of rotatable bonds is 4. The van der Waals surface area contributed by atoms with Crippen molar-refractivity contribution in [3.05, 3.63) is 0 Å². The van der Waals surface area contributed by atoms with Crippen molar-refractivity contribution >= 4 is 11.8 Å². The Morgan fingerprint density at radius 3 is 2.64 bits per heavy atom. The molecule has 1 aliphatic rings. The summed E-state index contributed by atoms with van der Waals surface area (Å²) in [6.45, 7) is 6.89. The molecule has 14 heavy (non-hydrogen) atoms. The van der Waals surface area contributed by atoms with E-state index in [1.165, 1.54) is 17.9 Å². The monoisotopic (exact) mass is 217 g/mol. The molecule has 0 aromatic carbocycles. The fourth-order valence-corrected chi connectivity index (χ4v) is 2.98. The first kappa shape index (κ1) is 12.3. The molecule has 2 atom stereocenters. The molecule has 0 aliphatic carbocycles. The van der Waals surface area contributed by atoms with E-state index in [1.807, 2.05) is 18.7 Å². The maximum Gasteiger partial charge on any atom is 0.0768 e. The van der Waals surface area contributed by atoms with Crippen LogP contribution in [0.1, 0.15) is 27.2 Å². The van der Waals surface area contributed by atoms with E-state index in [0.717, 1.165) is 6.54 Å². The van der Waals surface area contributed by atoms with Gasteiger partial charge in [0.25, 0.3) is 0 Å². The highest BCUT2D eigenvalue weighted by molar-refractivity contribution is 7.99. The summed E-state index contributed by atoms with van der Waals surface area (Å²) >= 11 is 2.02. The quantitative estimate of drug-likeness (QED) is 0.777. The second-order valence-electron chi connectivity index (χ2n) is 4.94. The molecule has 0 amide bonds. The van der Waals surface area contributed by atoms with Crippen molar-refractivity contribution in [3.8, 4) is 0 Å². The number of nitrogens with zero attached hydrogens (tertiary/aromatic N) is 1. The highest BCUT2D eigenvalue weighted by Crippen LogP contribution is 2.24. The summed E-state index contributed by atoms with van der Waals surface area (Å²) in [5.41, 5.74) is -0.554. The number of aliphatic hydroxyl groups is 1. The molecular formula is C11H23NOS. The first-order chi connectivity index (χ1) is 6.43. The lowest BCUT2D eigenvalue weighted by molar-refractivity contribution is -0.0198. The van der Waals surface area contributed by atoms with Gasteiger partial charge >= 0.3 is 0 Å². The predicted octanol–water partition coefficient (Wildman–Crippen LogP) is 1.83. The predicted molar refractivity (Wildman–Crippen MR) is 63.8 cm³/mol. The Balaban J connectivity index is 2.42. The van der Waals surface area contributed by atoms with Crippen molar-refractivity contribution in [3.63, 3.8) is 0 Å². The number of likely N-dealkylation sites (N-methyl/N-ethyl adjacent to an activating group) is 1. The second kappa shape index (κ2) is 4.86. The molecule has 0 saturated carbocycles. The van der Waals surface area contributed by atoms with Gasteiger partial charge < -0.3 is 5.11 Å². The van der Waals surface area contributed by atoms with E-state index in [1.54, 1.807) is 0 Å². The van der Waals surface area contributed by atoms with E-state index >= 15 is 0 Å². The van der Waals surface area contributed by atoms with Crippen molar-refractivity contribution in [2.75, 3.05) is 25.1 Å². The summed E-state index contributed by atoms with van der Waals surface area (Å²) in [5, 5.41) is 10.2. The van der Waals surface area contributed by atoms with E-state index in [-0.39, 0.29) is 0 Å². The lowest BCUT2D eigenvalue weighted by Gasteiger charge is -2.35. The molecule has 1 fully saturated rings. The topological polar surface area (TPSA) is 23.5 Å². The number of thioether (sulfide) groups is 1. The zero-order chi connectivity index (χ0) is 10.8. The molecule has 1 heterocycles. The van der Waals surface area contributed by atoms with Crippen LogP contribution in [-0.2, 0) is 0 Å². The van der Waals surface area contributed by atoms with Crippen LogP contribution < -0.4 is 0 Å². The molecule has 2 nitrogen and oxygen atoms in total. The van der Waals surface area contributed by atoms with Crippen molar-refractivity contribution in [2.45, 2.75) is 38.8 Å². The maximum absolute atomic E-state index is 10.2. The Kier molecular flexibility index (Phi) is 4.29. The van der Waals surface area contributed by atoms with Gasteiger partial charge in [-0.05, 0) is 32.1 Å². The molecule has 0 aromatic rings. The van der Waals surface area contributed by atoms with Crippen LogP contribution in [0, 0.1) is 5.92 Å². The van der Waals surface area contributed by atoms with Gasteiger partial charge in [-0.3, -0.25) is 4.90 Å². The molecule has 1 saturated heterocycles. The molecule has 84 valence electrons. The Morgan fingerprint density at radius 2 is 2.21 bits per heavy atom. The van der Waals surface area contributed by atoms with Crippen LogP contribution in [0.5, 0.6) is 0 Å². The van der Waals surface area contributed by atoms with Crippen LogP contribution in [0.4, 0.5) is 0 Å². The third kappa shape index (κ3) is 3.14. The van der Waals surface area contributed by atoms with E-state index < -0.39 is 5.60 Å². The molecule has 0 spiro atoms. The van der Waals surface area contributed by atoms with Gasteiger partial charge in [0.1, 0.15) is 0 Å². The van der Waals surface area contributed by atoms with E-state index in [2.05, 4.69) is 25.8 Å². The molecule has 0 aromatic heterocycles. The van der Waals surface area contributed by atoms with Crippen LogP contribution in [0.3, 0.4) is 0 Å². The van der Waals surface area contributed by atoms with Crippen LogP contribution in [-0.4, -0.2) is 46.7 Å². The van der Waals surface area contributed by atoms with Gasteiger partial charge in [0.05, 0.1) is 5.60 Å². The minimum atomic E-state index is -0.554. The Bertz CT molecular complexity index is 176. The number of hydrogen-bond acceptors (Lipinski definition) is 3. The summed E-state index contributed by atoms with van der Waals surface area (Å²) < 4.78 is 0. The summed E-state index contributed by atoms with van der Waals surface area (Å²) in [6, 6.07) is 0.672. The smallest absolute Gasteiger partial charge is 0.0768 e. The lowest BCUT2D eigenvalue weighted by atomic mass is 9.91. The Hall–Kier alpha value is 0.270. The third-order valence-electron chi connectivity index (χ3n) is 3.34. The molecule has 2 unspecified atom stereocenters. The fraction of sp³-hybridized carbons (Fsp3) is 1.00. The molecule has 0 radical (unpaired) electrons. The first-order valence-electron chi connectivity index (χ1n) is 5.44. The van der Waals surface area contributed by atoms with Gasteiger partial charge in [-0.2, -0.15) is 11.8 Å². The van der Waals surface area contributed by atoms with Gasteiger partial charge in [-0.15, -0.1) is 0 Å². The SMILES string of the molecule is CC(C)C(C)(O)CN(C)C1CCSC1. The summed E-state index contributed by atoms with van der Waals surface area (Å²) in [5.74, 6) is 2.82.